The summed E-state index contributed by atoms with van der Waals surface area (Å²) in [5, 5.41) is 21.3. The van der Waals surface area contributed by atoms with E-state index in [2.05, 4.69) is 16.4 Å². The summed E-state index contributed by atoms with van der Waals surface area (Å²) in [5.41, 5.74) is 5.10. The number of hydrogen-bond donors (Lipinski definition) is 3. The van der Waals surface area contributed by atoms with Crippen LogP contribution in [0.15, 0.2) is 103 Å². The summed E-state index contributed by atoms with van der Waals surface area (Å²) in [6.07, 6.45) is 15.8. The molecule has 0 bridgehead atoms. The van der Waals surface area contributed by atoms with Crippen molar-refractivity contribution in [2.24, 2.45) is 11.8 Å². The third kappa shape index (κ3) is 13.2. The van der Waals surface area contributed by atoms with Crippen molar-refractivity contribution in [3.63, 3.8) is 0 Å². The van der Waals surface area contributed by atoms with E-state index in [9.17, 15) is 27.9 Å². The molecule has 1 unspecified atom stereocenters. The topological polar surface area (TPSA) is 132 Å². The third-order valence-electron chi connectivity index (χ3n) is 10.7. The number of carboxylic acids is 1. The molecule has 1 atom stereocenters. The second-order valence-corrected chi connectivity index (χ2v) is 14.9. The molecule has 3 aliphatic rings. The molecule has 6 rings (SSSR count). The Bertz CT molecular complexity index is 1920. The van der Waals surface area contributed by atoms with E-state index in [4.69, 9.17) is 14.6 Å². The first-order valence-electron chi connectivity index (χ1n) is 20.0. The normalized spacial score (nSPS) is 19.0. The van der Waals surface area contributed by atoms with Crippen LogP contribution in [0.3, 0.4) is 0 Å². The van der Waals surface area contributed by atoms with E-state index < -0.39 is 17.9 Å². The van der Waals surface area contributed by atoms with Gasteiger partial charge in [-0.25, -0.2) is 4.79 Å². The number of carbonyl (C=O) groups excluding carboxylic acids is 2. The molecule has 10 nitrogen and oxygen atoms in total. The fraction of sp³-hybridized carbons (Fsp3) is 0.422. The lowest BCUT2D eigenvalue weighted by Gasteiger charge is -2.32. The molecular weight excluding hydrogens is 750 g/mol. The van der Waals surface area contributed by atoms with E-state index in [1.165, 1.54) is 45.2 Å². The van der Waals surface area contributed by atoms with Crippen LogP contribution >= 0.6 is 0 Å². The highest BCUT2D eigenvalue weighted by Crippen LogP contribution is 2.30. The van der Waals surface area contributed by atoms with Crippen LogP contribution in [0.5, 0.6) is 0 Å². The van der Waals surface area contributed by atoms with Crippen LogP contribution in [0.2, 0.25) is 0 Å². The zero-order chi connectivity index (χ0) is 41.5. The number of carbonyl (C=O) groups is 3. The van der Waals surface area contributed by atoms with Gasteiger partial charge in [-0.1, -0.05) is 61.7 Å². The lowest BCUT2D eigenvalue weighted by atomic mass is 9.87. The van der Waals surface area contributed by atoms with Gasteiger partial charge in [-0.2, -0.15) is 13.2 Å². The van der Waals surface area contributed by atoms with Gasteiger partial charge in [0, 0.05) is 55.8 Å². The van der Waals surface area contributed by atoms with Crippen molar-refractivity contribution in [1.29, 1.82) is 0 Å². The first-order valence-corrected chi connectivity index (χ1v) is 20.0. The SMILES string of the molecule is CCOC1(O)C=CC(N(Cc2cccc(-c3cccc(C(=O)N4CCC(CCCC5CCNCC5)CC4)c3)c2)C(=O)/C=C/c2cccnc2)=CC1.O=C(O)C(F)(F)F. The Morgan fingerprint density at radius 1 is 0.983 bits per heavy atom. The van der Waals surface area contributed by atoms with Gasteiger partial charge in [-0.3, -0.25) is 14.6 Å². The number of aromatic nitrogens is 1. The van der Waals surface area contributed by atoms with E-state index in [-0.39, 0.29) is 18.2 Å². The van der Waals surface area contributed by atoms with Crippen molar-refractivity contribution in [3.8, 4) is 11.1 Å². The molecule has 1 aliphatic carbocycles. The zero-order valence-electron chi connectivity index (χ0n) is 32.9. The number of aliphatic carboxylic acids is 1. The summed E-state index contributed by atoms with van der Waals surface area (Å²) < 4.78 is 37.3. The average molecular weight is 803 g/mol. The predicted molar refractivity (Wildman–Crippen MR) is 216 cm³/mol. The summed E-state index contributed by atoms with van der Waals surface area (Å²) in [4.78, 5) is 44.1. The number of pyridine rings is 1. The molecule has 2 saturated heterocycles. The number of nitrogens with one attached hydrogen (secondary N) is 1. The maximum absolute atomic E-state index is 13.7. The highest BCUT2D eigenvalue weighted by atomic mass is 19.4. The van der Waals surface area contributed by atoms with Crippen LogP contribution in [0.1, 0.15) is 79.8 Å². The molecule has 310 valence electrons. The predicted octanol–water partition coefficient (Wildman–Crippen LogP) is 8.01. The summed E-state index contributed by atoms with van der Waals surface area (Å²) in [5.74, 6) is -2.63. The molecule has 0 spiro atoms. The van der Waals surface area contributed by atoms with Gasteiger partial charge in [0.15, 0.2) is 5.79 Å². The zero-order valence-corrected chi connectivity index (χ0v) is 32.9. The Labute approximate surface area is 338 Å². The minimum Gasteiger partial charge on any atom is -0.475 e. The van der Waals surface area contributed by atoms with Crippen molar-refractivity contribution in [1.82, 2.24) is 20.1 Å². The third-order valence-corrected chi connectivity index (χ3v) is 10.7. The second-order valence-electron chi connectivity index (χ2n) is 14.9. The van der Waals surface area contributed by atoms with E-state index >= 15 is 0 Å². The molecule has 2 fully saturated rings. The molecule has 3 heterocycles. The number of hydrogen-bond acceptors (Lipinski definition) is 7. The maximum Gasteiger partial charge on any atom is 0.490 e. The van der Waals surface area contributed by atoms with Gasteiger partial charge in [0.25, 0.3) is 11.8 Å². The van der Waals surface area contributed by atoms with Crippen LogP contribution in [-0.2, 0) is 20.9 Å². The van der Waals surface area contributed by atoms with Crippen molar-refractivity contribution in [2.75, 3.05) is 32.8 Å². The van der Waals surface area contributed by atoms with Gasteiger partial charge in [-0.15, -0.1) is 0 Å². The Morgan fingerprint density at radius 2 is 1.66 bits per heavy atom. The molecule has 2 amide bonds. The fourth-order valence-electron chi connectivity index (χ4n) is 7.52. The molecule has 3 aromatic rings. The molecule has 2 aromatic carbocycles. The quantitative estimate of drug-likeness (QED) is 0.117. The molecular formula is C45H53F3N4O6. The van der Waals surface area contributed by atoms with Crippen molar-refractivity contribution >= 4 is 23.9 Å². The molecule has 3 N–H and O–H groups in total. The van der Waals surface area contributed by atoms with E-state index in [1.807, 2.05) is 72.5 Å². The highest BCUT2D eigenvalue weighted by Gasteiger charge is 2.38. The van der Waals surface area contributed by atoms with Gasteiger partial charge < -0.3 is 30.1 Å². The Balaban J connectivity index is 0.000000839. The Hall–Kier alpha value is -5.11. The van der Waals surface area contributed by atoms with Gasteiger partial charge in [-0.05, 0) is 122 Å². The van der Waals surface area contributed by atoms with Crippen molar-refractivity contribution in [3.05, 3.63) is 120 Å². The van der Waals surface area contributed by atoms with Crippen molar-refractivity contribution in [2.45, 2.75) is 76.8 Å². The smallest absolute Gasteiger partial charge is 0.475 e. The Kier molecular flexibility index (Phi) is 16.0. The van der Waals surface area contributed by atoms with Gasteiger partial charge in [0.05, 0.1) is 6.54 Å². The standard InChI is InChI=1S/C43H52N4O4.C2HF3O2/c1-2-51-43(50)22-16-40(17-23-43)47(41(48)15-14-35-10-6-24-45-31-35)32-36-9-4-11-37(29-36)38-12-5-13-39(30-38)42(49)46-27-20-34(21-28-46)8-3-7-33-18-25-44-26-19-33;3-2(4,5)1(6)7/h4-6,9-17,22,24,29-31,33-34,44,50H,2-3,7-8,18-21,23,25-28,32H2,1H3;(H,6,7)/b15-14+;. The number of amides is 2. The Morgan fingerprint density at radius 3 is 2.28 bits per heavy atom. The van der Waals surface area contributed by atoms with E-state index in [0.717, 1.165) is 60.0 Å². The maximum atomic E-state index is 13.7. The number of piperidine rings is 2. The summed E-state index contributed by atoms with van der Waals surface area (Å²) >= 11 is 0. The summed E-state index contributed by atoms with van der Waals surface area (Å²) in [6.45, 7) is 6.51. The molecule has 58 heavy (non-hydrogen) atoms. The number of aliphatic hydroxyl groups is 1. The monoisotopic (exact) mass is 802 g/mol. The molecule has 2 aliphatic heterocycles. The lowest BCUT2D eigenvalue weighted by molar-refractivity contribution is -0.192. The van der Waals surface area contributed by atoms with Crippen LogP contribution in [0.25, 0.3) is 17.2 Å². The van der Waals surface area contributed by atoms with Gasteiger partial charge in [0.1, 0.15) is 0 Å². The number of carboxylic acid groups (broad SMARTS) is 1. The number of ether oxygens (including phenoxy) is 1. The number of rotatable bonds is 13. The van der Waals surface area contributed by atoms with Gasteiger partial charge >= 0.3 is 12.1 Å². The summed E-state index contributed by atoms with van der Waals surface area (Å²) in [7, 11) is 0. The molecule has 0 radical (unpaired) electrons. The van der Waals surface area contributed by atoms with Crippen LogP contribution in [0.4, 0.5) is 13.2 Å². The lowest BCUT2D eigenvalue weighted by Crippen LogP contribution is -2.38. The largest absolute Gasteiger partial charge is 0.490 e. The second kappa shape index (κ2) is 21.1. The van der Waals surface area contributed by atoms with E-state index in [1.54, 1.807) is 41.6 Å². The van der Waals surface area contributed by atoms with Crippen LogP contribution in [-0.4, -0.2) is 87.5 Å². The summed E-state index contributed by atoms with van der Waals surface area (Å²) in [6, 6.07) is 19.7. The minimum absolute atomic E-state index is 0.0985. The van der Waals surface area contributed by atoms with Crippen LogP contribution < -0.4 is 5.32 Å². The first-order chi connectivity index (χ1) is 27.8. The first kappa shape index (κ1) is 44.0. The average Bonchev–Trinajstić information content (AvgIpc) is 3.23. The number of allylic oxidation sites excluding steroid dienone is 1. The molecule has 0 saturated carbocycles. The highest BCUT2D eigenvalue weighted by molar-refractivity contribution is 5.95. The van der Waals surface area contributed by atoms with E-state index in [0.29, 0.717) is 24.4 Å². The van der Waals surface area contributed by atoms with Crippen LogP contribution in [0, 0.1) is 11.8 Å². The minimum atomic E-state index is -5.08. The fourth-order valence-corrected chi connectivity index (χ4v) is 7.52. The number of benzene rings is 2. The number of halogens is 3. The number of likely N-dealkylation sites (tertiary alicyclic amines) is 1. The van der Waals surface area contributed by atoms with Crippen molar-refractivity contribution < 1.29 is 42.5 Å². The van der Waals surface area contributed by atoms with Gasteiger partial charge in [0.2, 0.25) is 0 Å². The number of nitrogens with zero attached hydrogens (tertiary/aromatic N) is 3. The molecule has 13 heteroatoms. The molecule has 1 aromatic heterocycles. The number of alkyl halides is 3.